The third-order valence-electron chi connectivity index (χ3n) is 10.6. The van der Waals surface area contributed by atoms with Gasteiger partial charge in [0.05, 0.1) is 42.7 Å². The van der Waals surface area contributed by atoms with E-state index in [0.29, 0.717) is 19.4 Å². The van der Waals surface area contributed by atoms with Crippen molar-refractivity contribution in [3.63, 3.8) is 0 Å². The molecule has 9 atom stereocenters. The molecule has 0 saturated carbocycles. The SMILES string of the molecule is CC[C@H](C)[C@@H]([C@@H](CC(=O)N1CCCC1[C@H](OC)[C@@H](C)C(=O)NC(Cc1ccccc1)C(=O)O)OC)N(C)C(=O)C(NC(=O)C(NC)C(C)C)C(C)C. The van der Waals surface area contributed by atoms with Crippen LogP contribution in [0.5, 0.6) is 0 Å². The Morgan fingerprint density at radius 2 is 1.54 bits per heavy atom. The first-order valence-electron chi connectivity index (χ1n) is 18.7. The van der Waals surface area contributed by atoms with Gasteiger partial charge in [0, 0.05) is 34.2 Å². The van der Waals surface area contributed by atoms with Gasteiger partial charge in [-0.25, -0.2) is 4.79 Å². The molecule has 1 saturated heterocycles. The quantitative estimate of drug-likeness (QED) is 0.149. The molecule has 1 fully saturated rings. The number of likely N-dealkylation sites (N-methyl/N-ethyl adjacent to an activating group) is 2. The standard InChI is InChI=1S/C39H65N5O8/c1-12-25(6)34(43(9)38(48)33(24(4)5)42-37(47)32(40-8)23(2)3)30(51-10)22-31(45)44-20-16-19-29(44)35(52-11)26(7)36(46)41-28(39(49)50)21-27-17-14-13-15-18-27/h13-15,17-18,23-26,28-30,32-35,40H,12,16,19-22H2,1-11H3,(H,41,46)(H,42,47)(H,49,50)/t25-,26+,28?,29?,30+,32?,33?,34-,35+/m0/s1. The molecule has 0 aromatic heterocycles. The molecule has 1 aromatic carbocycles. The molecular weight excluding hydrogens is 666 g/mol. The summed E-state index contributed by atoms with van der Waals surface area (Å²) in [7, 11) is 6.46. The highest BCUT2D eigenvalue weighted by Gasteiger charge is 2.43. The largest absolute Gasteiger partial charge is 0.480 e. The van der Waals surface area contributed by atoms with Gasteiger partial charge in [0.2, 0.25) is 23.6 Å². The summed E-state index contributed by atoms with van der Waals surface area (Å²) >= 11 is 0. The molecule has 4 N–H and O–H groups in total. The number of hydrogen-bond donors (Lipinski definition) is 4. The average molecular weight is 732 g/mol. The van der Waals surface area contributed by atoms with Crippen LogP contribution in [-0.2, 0) is 39.9 Å². The van der Waals surface area contributed by atoms with Crippen LogP contribution in [-0.4, -0.2) is 122 Å². The maximum absolute atomic E-state index is 14.1. The molecule has 1 aromatic rings. The van der Waals surface area contributed by atoms with Gasteiger partial charge in [-0.05, 0) is 43.2 Å². The molecule has 13 heteroatoms. The van der Waals surface area contributed by atoms with Crippen molar-refractivity contribution >= 4 is 29.6 Å². The van der Waals surface area contributed by atoms with E-state index in [1.165, 1.54) is 14.2 Å². The minimum Gasteiger partial charge on any atom is -0.480 e. The molecule has 2 rings (SSSR count). The number of ether oxygens (including phenoxy) is 2. The minimum atomic E-state index is -1.14. The number of benzene rings is 1. The lowest BCUT2D eigenvalue weighted by Crippen LogP contribution is -2.59. The van der Waals surface area contributed by atoms with Crippen molar-refractivity contribution in [2.75, 3.05) is 34.9 Å². The molecule has 1 aliphatic heterocycles. The summed E-state index contributed by atoms with van der Waals surface area (Å²) in [6, 6.07) is 5.84. The Bertz CT molecular complexity index is 1310. The molecule has 294 valence electrons. The first kappa shape index (κ1) is 44.6. The molecule has 4 amide bonds. The number of likely N-dealkylation sites (tertiary alicyclic amines) is 1. The van der Waals surface area contributed by atoms with Crippen LogP contribution in [0.1, 0.15) is 79.7 Å². The van der Waals surface area contributed by atoms with Gasteiger partial charge in [0.25, 0.3) is 0 Å². The molecule has 0 spiro atoms. The average Bonchev–Trinajstić information content (AvgIpc) is 3.59. The van der Waals surface area contributed by atoms with Gasteiger partial charge in [-0.2, -0.15) is 0 Å². The molecule has 0 radical (unpaired) electrons. The summed E-state index contributed by atoms with van der Waals surface area (Å²) < 4.78 is 11.8. The number of rotatable bonds is 21. The maximum Gasteiger partial charge on any atom is 0.326 e. The molecule has 0 bridgehead atoms. The second-order valence-corrected chi connectivity index (χ2v) is 14.9. The normalized spacial score (nSPS) is 19.2. The highest BCUT2D eigenvalue weighted by molar-refractivity contribution is 5.90. The number of amides is 4. The number of carbonyl (C=O) groups excluding carboxylic acids is 4. The highest BCUT2D eigenvalue weighted by atomic mass is 16.5. The number of carboxylic acid groups (broad SMARTS) is 1. The topological polar surface area (TPSA) is 167 Å². The van der Waals surface area contributed by atoms with E-state index >= 15 is 0 Å². The van der Waals surface area contributed by atoms with E-state index in [1.54, 1.807) is 30.8 Å². The molecule has 1 heterocycles. The molecule has 52 heavy (non-hydrogen) atoms. The molecule has 4 unspecified atom stereocenters. The Balaban J connectivity index is 2.26. The molecular formula is C39H65N5O8. The van der Waals surface area contributed by atoms with Gasteiger partial charge in [0.1, 0.15) is 12.1 Å². The molecule has 0 aliphatic carbocycles. The smallest absolute Gasteiger partial charge is 0.326 e. The second kappa shape index (κ2) is 21.2. The van der Waals surface area contributed by atoms with Crippen molar-refractivity contribution in [3.8, 4) is 0 Å². The van der Waals surface area contributed by atoms with E-state index in [0.717, 1.165) is 12.0 Å². The summed E-state index contributed by atoms with van der Waals surface area (Å²) in [5.41, 5.74) is 0.785. The van der Waals surface area contributed by atoms with Crippen molar-refractivity contribution in [3.05, 3.63) is 35.9 Å². The Labute approximate surface area is 310 Å². The number of methoxy groups -OCH3 is 2. The fourth-order valence-corrected chi connectivity index (χ4v) is 7.40. The Morgan fingerprint density at radius 1 is 0.923 bits per heavy atom. The third kappa shape index (κ3) is 11.7. The van der Waals surface area contributed by atoms with Crippen LogP contribution in [0.25, 0.3) is 0 Å². The summed E-state index contributed by atoms with van der Waals surface area (Å²) in [4.78, 5) is 70.3. The van der Waals surface area contributed by atoms with Crippen molar-refractivity contribution in [2.45, 2.75) is 123 Å². The van der Waals surface area contributed by atoms with Crippen molar-refractivity contribution in [1.29, 1.82) is 0 Å². The summed E-state index contributed by atoms with van der Waals surface area (Å²) in [5.74, 6) is -3.27. The predicted octanol–water partition coefficient (Wildman–Crippen LogP) is 3.10. The maximum atomic E-state index is 14.1. The summed E-state index contributed by atoms with van der Waals surface area (Å²) in [5, 5.41) is 18.5. The highest BCUT2D eigenvalue weighted by Crippen LogP contribution is 2.29. The lowest BCUT2D eigenvalue weighted by molar-refractivity contribution is -0.148. The number of aliphatic carboxylic acids is 1. The number of carboxylic acids is 1. The van der Waals surface area contributed by atoms with Gasteiger partial charge < -0.3 is 40.3 Å². The summed E-state index contributed by atoms with van der Waals surface area (Å²) in [6.07, 6.45) is 0.818. The Morgan fingerprint density at radius 3 is 2.04 bits per heavy atom. The Hall–Kier alpha value is -3.55. The number of nitrogens with one attached hydrogen (secondary N) is 3. The molecule has 13 nitrogen and oxygen atoms in total. The van der Waals surface area contributed by atoms with Crippen LogP contribution in [0.2, 0.25) is 0 Å². The van der Waals surface area contributed by atoms with Crippen LogP contribution in [0.4, 0.5) is 0 Å². The van der Waals surface area contributed by atoms with Gasteiger partial charge in [-0.15, -0.1) is 0 Å². The van der Waals surface area contributed by atoms with Crippen LogP contribution < -0.4 is 16.0 Å². The van der Waals surface area contributed by atoms with Crippen LogP contribution >= 0.6 is 0 Å². The van der Waals surface area contributed by atoms with Gasteiger partial charge in [-0.3, -0.25) is 19.2 Å². The number of nitrogens with zero attached hydrogens (tertiary/aromatic N) is 2. The van der Waals surface area contributed by atoms with Crippen LogP contribution in [0, 0.1) is 23.7 Å². The summed E-state index contributed by atoms with van der Waals surface area (Å²) in [6.45, 7) is 13.9. The fraction of sp³-hybridized carbons (Fsp3) is 0.718. The number of carbonyl (C=O) groups is 5. The van der Waals surface area contributed by atoms with Gasteiger partial charge >= 0.3 is 5.97 Å². The van der Waals surface area contributed by atoms with E-state index in [-0.39, 0.29) is 48.3 Å². The van der Waals surface area contributed by atoms with Crippen molar-refractivity contribution in [1.82, 2.24) is 25.8 Å². The van der Waals surface area contributed by atoms with Gasteiger partial charge in [0.15, 0.2) is 0 Å². The van der Waals surface area contributed by atoms with E-state index in [4.69, 9.17) is 9.47 Å². The van der Waals surface area contributed by atoms with Crippen molar-refractivity contribution in [2.24, 2.45) is 23.7 Å². The number of hydrogen-bond acceptors (Lipinski definition) is 8. The van der Waals surface area contributed by atoms with Crippen LogP contribution in [0.15, 0.2) is 30.3 Å². The first-order chi connectivity index (χ1) is 24.5. The fourth-order valence-electron chi connectivity index (χ4n) is 7.40. The zero-order valence-electron chi connectivity index (χ0n) is 33.2. The minimum absolute atomic E-state index is 0.0112. The van der Waals surface area contributed by atoms with Crippen molar-refractivity contribution < 1.29 is 38.6 Å². The monoisotopic (exact) mass is 731 g/mol. The lowest BCUT2D eigenvalue weighted by atomic mass is 9.89. The third-order valence-corrected chi connectivity index (χ3v) is 10.6. The first-order valence-corrected chi connectivity index (χ1v) is 18.7. The van der Waals surface area contributed by atoms with E-state index in [1.807, 2.05) is 71.9 Å². The van der Waals surface area contributed by atoms with E-state index < -0.39 is 60.2 Å². The van der Waals surface area contributed by atoms with Crippen LogP contribution in [0.3, 0.4) is 0 Å². The zero-order valence-corrected chi connectivity index (χ0v) is 33.2. The molecule has 1 aliphatic rings. The zero-order chi connectivity index (χ0) is 39.3. The van der Waals surface area contributed by atoms with E-state index in [9.17, 15) is 29.1 Å². The Kier molecular flexibility index (Phi) is 18.2. The second-order valence-electron chi connectivity index (χ2n) is 14.9. The van der Waals surface area contributed by atoms with E-state index in [2.05, 4.69) is 16.0 Å². The van der Waals surface area contributed by atoms with Gasteiger partial charge in [-0.1, -0.05) is 85.2 Å². The lowest BCUT2D eigenvalue weighted by Gasteiger charge is -2.41. The predicted molar refractivity (Wildman–Crippen MR) is 200 cm³/mol.